The first-order chi connectivity index (χ1) is 21.0. The van der Waals surface area contributed by atoms with Gasteiger partial charge in [0.1, 0.15) is 11.8 Å². The third-order valence-electron chi connectivity index (χ3n) is 9.90. The van der Waals surface area contributed by atoms with Crippen molar-refractivity contribution in [3.63, 3.8) is 0 Å². The maximum Gasteiger partial charge on any atom is 0.408 e. The number of hydrogen-bond donors (Lipinski definition) is 2. The first kappa shape index (κ1) is 30.7. The summed E-state index contributed by atoms with van der Waals surface area (Å²) in [7, 11) is -2.67. The van der Waals surface area contributed by atoms with E-state index in [1.54, 1.807) is 25.3 Å². The Kier molecular flexibility index (Phi) is 8.32. The molecule has 2 aromatic carbocycles. The lowest BCUT2D eigenvalue weighted by atomic mass is 9.68. The van der Waals surface area contributed by atoms with E-state index in [1.165, 1.54) is 24.1 Å². The average Bonchev–Trinajstić information content (AvgIpc) is 3.12. The van der Waals surface area contributed by atoms with Crippen LogP contribution in [0.5, 0.6) is 5.75 Å². The minimum Gasteiger partial charge on any atom is -0.490 e. The molecule has 6 rings (SSSR count). The molecule has 44 heavy (non-hydrogen) atoms. The Morgan fingerprint density at radius 2 is 2.02 bits per heavy atom. The van der Waals surface area contributed by atoms with Crippen LogP contribution < -0.4 is 14.4 Å². The van der Waals surface area contributed by atoms with Gasteiger partial charge < -0.3 is 19.5 Å². The van der Waals surface area contributed by atoms with Crippen molar-refractivity contribution >= 4 is 39.3 Å². The second-order valence-electron chi connectivity index (χ2n) is 12.4. The normalized spacial score (nSPS) is 30.6. The second-order valence-corrected chi connectivity index (χ2v) is 14.6. The molecule has 2 aliphatic heterocycles. The lowest BCUT2D eigenvalue weighted by molar-refractivity contribution is -0.123. The van der Waals surface area contributed by atoms with Gasteiger partial charge in [0.05, 0.1) is 23.3 Å². The van der Waals surface area contributed by atoms with Crippen LogP contribution in [0.15, 0.2) is 53.4 Å². The van der Waals surface area contributed by atoms with Crippen molar-refractivity contribution in [3.8, 4) is 5.75 Å². The number of fused-ring (bicyclic) bond motifs is 4. The lowest BCUT2D eigenvalue weighted by Crippen LogP contribution is -2.50. The molecule has 0 unspecified atom stereocenters. The van der Waals surface area contributed by atoms with Gasteiger partial charge in [-0.1, -0.05) is 29.8 Å². The van der Waals surface area contributed by atoms with Gasteiger partial charge in [0, 0.05) is 37.2 Å². The summed E-state index contributed by atoms with van der Waals surface area (Å²) >= 11 is 6.38. The van der Waals surface area contributed by atoms with Crippen molar-refractivity contribution < 1.29 is 32.6 Å². The van der Waals surface area contributed by atoms with Gasteiger partial charge in [0.15, 0.2) is 0 Å². The SMILES string of the molecule is CO[C@@H]1/C=C/CN(C(=O)O)[C@H](C)C(=O)NS(=O)(=O)c2ccc3c(c2)N(C[C@@H]2CC[C@H]21)C[C@@]1(CCCc2cc(Cl)ccc21)CO3. The number of aryl methyl sites for hydroxylation is 1. The van der Waals surface area contributed by atoms with Gasteiger partial charge >= 0.3 is 6.09 Å². The van der Waals surface area contributed by atoms with Gasteiger partial charge in [0.25, 0.3) is 15.9 Å². The number of ether oxygens (including phenoxy) is 2. The molecule has 2 N–H and O–H groups in total. The molecular formula is C32H38ClN3O7S. The molecule has 2 bridgehead atoms. The number of rotatable bonds is 1. The fourth-order valence-electron chi connectivity index (χ4n) is 7.32. The number of carboxylic acid groups (broad SMARTS) is 1. The van der Waals surface area contributed by atoms with E-state index < -0.39 is 28.1 Å². The fourth-order valence-corrected chi connectivity index (χ4v) is 8.58. The van der Waals surface area contributed by atoms with E-state index in [0.717, 1.165) is 37.0 Å². The lowest BCUT2D eigenvalue weighted by Gasteiger charge is -2.46. The fraction of sp³-hybridized carbons (Fsp3) is 0.500. The maximum absolute atomic E-state index is 13.5. The summed E-state index contributed by atoms with van der Waals surface area (Å²) in [5, 5.41) is 10.5. The summed E-state index contributed by atoms with van der Waals surface area (Å²) in [6.07, 6.45) is 6.76. The molecule has 10 nitrogen and oxygen atoms in total. The van der Waals surface area contributed by atoms with Crippen LogP contribution in [0.25, 0.3) is 0 Å². The second kappa shape index (κ2) is 11.9. The molecule has 0 radical (unpaired) electrons. The Hall–Kier alpha value is -3.28. The molecule has 5 atom stereocenters. The summed E-state index contributed by atoms with van der Waals surface area (Å²) in [4.78, 5) is 28.1. The minimum atomic E-state index is -4.32. The van der Waals surface area contributed by atoms with Crippen molar-refractivity contribution in [2.24, 2.45) is 11.8 Å². The summed E-state index contributed by atoms with van der Waals surface area (Å²) in [6.45, 7) is 3.01. The number of sulfonamides is 1. The van der Waals surface area contributed by atoms with E-state index in [9.17, 15) is 23.1 Å². The zero-order chi connectivity index (χ0) is 31.2. The molecule has 236 valence electrons. The summed E-state index contributed by atoms with van der Waals surface area (Å²) in [6, 6.07) is 9.48. The number of halogens is 1. The van der Waals surface area contributed by atoms with E-state index in [0.29, 0.717) is 36.2 Å². The first-order valence-electron chi connectivity index (χ1n) is 15.1. The van der Waals surface area contributed by atoms with Crippen LogP contribution in [-0.4, -0.2) is 75.9 Å². The molecule has 2 aromatic rings. The highest BCUT2D eigenvalue weighted by molar-refractivity contribution is 7.90. The average molecular weight is 644 g/mol. The highest BCUT2D eigenvalue weighted by Gasteiger charge is 2.44. The van der Waals surface area contributed by atoms with E-state index in [2.05, 4.69) is 15.7 Å². The zero-order valence-corrected chi connectivity index (χ0v) is 26.4. The number of hydrogen-bond acceptors (Lipinski definition) is 7. The van der Waals surface area contributed by atoms with E-state index in [1.807, 2.05) is 18.2 Å². The number of benzene rings is 2. The van der Waals surface area contributed by atoms with Crippen LogP contribution in [0.3, 0.4) is 0 Å². The molecule has 12 heteroatoms. The molecule has 2 heterocycles. The van der Waals surface area contributed by atoms with Crippen molar-refractivity contribution in [1.82, 2.24) is 9.62 Å². The number of nitrogens with zero attached hydrogens (tertiary/aromatic N) is 2. The first-order valence-corrected chi connectivity index (χ1v) is 16.9. The van der Waals surface area contributed by atoms with Crippen LogP contribution >= 0.6 is 11.6 Å². The van der Waals surface area contributed by atoms with Crippen molar-refractivity contribution in [1.29, 1.82) is 0 Å². The summed E-state index contributed by atoms with van der Waals surface area (Å²) in [5.74, 6) is 0.0906. The molecule has 1 spiro atoms. The Morgan fingerprint density at radius 1 is 1.20 bits per heavy atom. The highest BCUT2D eigenvalue weighted by Crippen LogP contribution is 2.47. The third-order valence-corrected chi connectivity index (χ3v) is 11.5. The van der Waals surface area contributed by atoms with Crippen LogP contribution in [0.1, 0.15) is 43.7 Å². The Bertz CT molecular complexity index is 1600. The monoisotopic (exact) mass is 643 g/mol. The molecule has 4 aliphatic rings. The number of methoxy groups -OCH3 is 1. The number of nitrogens with one attached hydrogen (secondary N) is 1. The number of carbonyl (C=O) groups excluding carboxylic acids is 1. The van der Waals surface area contributed by atoms with Crippen molar-refractivity contribution in [2.75, 3.05) is 38.3 Å². The molecule has 0 saturated heterocycles. The predicted molar refractivity (Wildman–Crippen MR) is 166 cm³/mol. The van der Waals surface area contributed by atoms with Gasteiger partial charge in [-0.05, 0) is 92.3 Å². The molecule has 2 amide bonds. The van der Waals surface area contributed by atoms with Gasteiger partial charge in [-0.15, -0.1) is 0 Å². The van der Waals surface area contributed by atoms with Gasteiger partial charge in [-0.25, -0.2) is 17.9 Å². The number of amides is 2. The quantitative estimate of drug-likeness (QED) is 0.432. The van der Waals surface area contributed by atoms with Crippen LogP contribution in [-0.2, 0) is 31.4 Å². The van der Waals surface area contributed by atoms with Crippen molar-refractivity contribution in [3.05, 3.63) is 64.7 Å². The Balaban J connectivity index is 1.44. The Morgan fingerprint density at radius 3 is 2.75 bits per heavy atom. The highest BCUT2D eigenvalue weighted by atomic mass is 35.5. The smallest absolute Gasteiger partial charge is 0.408 e. The van der Waals surface area contributed by atoms with Crippen LogP contribution in [0.4, 0.5) is 10.5 Å². The number of anilines is 1. The Labute approximate surface area is 263 Å². The molecule has 0 aromatic heterocycles. The van der Waals surface area contributed by atoms with Crippen molar-refractivity contribution in [2.45, 2.75) is 61.5 Å². The summed E-state index contributed by atoms with van der Waals surface area (Å²) < 4.78 is 41.5. The number of carbonyl (C=O) groups is 2. The minimum absolute atomic E-state index is 0.0878. The molecule has 2 aliphatic carbocycles. The van der Waals surface area contributed by atoms with Gasteiger partial charge in [-0.3, -0.25) is 9.69 Å². The zero-order valence-electron chi connectivity index (χ0n) is 24.9. The maximum atomic E-state index is 13.5. The molecule has 1 saturated carbocycles. The predicted octanol–water partition coefficient (Wildman–Crippen LogP) is 4.60. The van der Waals surface area contributed by atoms with Gasteiger partial charge in [-0.2, -0.15) is 0 Å². The molecular weight excluding hydrogens is 606 g/mol. The topological polar surface area (TPSA) is 125 Å². The molecule has 1 fully saturated rings. The largest absolute Gasteiger partial charge is 0.490 e. The van der Waals surface area contributed by atoms with E-state index >= 15 is 0 Å². The van der Waals surface area contributed by atoms with E-state index in [-0.39, 0.29) is 34.8 Å². The van der Waals surface area contributed by atoms with Crippen LogP contribution in [0.2, 0.25) is 5.02 Å². The van der Waals surface area contributed by atoms with Crippen LogP contribution in [0, 0.1) is 11.8 Å². The van der Waals surface area contributed by atoms with Gasteiger partial charge in [0.2, 0.25) is 0 Å². The van der Waals surface area contributed by atoms with E-state index in [4.69, 9.17) is 21.1 Å². The summed E-state index contributed by atoms with van der Waals surface area (Å²) in [5.41, 5.74) is 2.77. The third kappa shape index (κ3) is 5.65. The standard InChI is InChI=1S/C32H38ClN3O7S/c1-20-30(37)34-44(40,41)24-9-12-29-27(16-24)35(17-22-7-10-25(22)28(42-2)6-4-14-36(20)31(38)39)18-32(19-43-29)13-3-5-21-15-23(33)8-11-26(21)32/h4,6,8-9,11-12,15-16,20,22,25,28H,3,5,7,10,13-14,17-19H2,1-2H3,(H,34,37)(H,38,39)/b6-4+/t20-,22+,25-,28-,32+/m1/s1.